The zero-order valence-electron chi connectivity index (χ0n) is 15.5. The fourth-order valence-electron chi connectivity index (χ4n) is 3.57. The average Bonchev–Trinajstić information content (AvgIpc) is 3.33. The highest BCUT2D eigenvalue weighted by molar-refractivity contribution is 6.33. The normalized spacial score (nSPS) is 11.4. The molecule has 144 valence electrons. The molecule has 0 aliphatic heterocycles. The second-order valence-electron chi connectivity index (χ2n) is 6.90. The number of hydrogen-bond acceptors (Lipinski definition) is 4. The zero-order valence-corrected chi connectivity index (χ0v) is 16.3. The highest BCUT2D eigenvalue weighted by Gasteiger charge is 2.13. The molecule has 0 bridgehead atoms. The molecule has 29 heavy (non-hydrogen) atoms. The van der Waals surface area contributed by atoms with Crippen molar-refractivity contribution < 1.29 is 0 Å². The van der Waals surface area contributed by atoms with Crippen molar-refractivity contribution >= 4 is 45.0 Å². The molecular formula is C22H19ClN6. The third-order valence-corrected chi connectivity index (χ3v) is 5.21. The van der Waals surface area contributed by atoms with Gasteiger partial charge in [0.25, 0.3) is 0 Å². The molecule has 2 aromatic carbocycles. The fourth-order valence-corrected chi connectivity index (χ4v) is 3.76. The van der Waals surface area contributed by atoms with Crippen LogP contribution in [0, 0.1) is 0 Å². The maximum Gasteiger partial charge on any atom is 0.227 e. The summed E-state index contributed by atoms with van der Waals surface area (Å²) in [5.41, 5.74) is 11.4. The first-order chi connectivity index (χ1) is 14.2. The van der Waals surface area contributed by atoms with E-state index in [1.165, 1.54) is 0 Å². The van der Waals surface area contributed by atoms with Gasteiger partial charge >= 0.3 is 0 Å². The molecule has 5 rings (SSSR count). The third kappa shape index (κ3) is 3.33. The summed E-state index contributed by atoms with van der Waals surface area (Å²) < 4.78 is 0. The molecule has 0 atom stereocenters. The number of halogens is 1. The van der Waals surface area contributed by atoms with Crippen LogP contribution in [0.25, 0.3) is 33.1 Å². The Hall–Kier alpha value is -3.35. The van der Waals surface area contributed by atoms with Gasteiger partial charge in [-0.25, -0.2) is 9.97 Å². The van der Waals surface area contributed by atoms with E-state index in [2.05, 4.69) is 37.4 Å². The molecule has 0 radical (unpaired) electrons. The van der Waals surface area contributed by atoms with Crippen LogP contribution in [0.3, 0.4) is 0 Å². The van der Waals surface area contributed by atoms with Crippen LogP contribution in [0.2, 0.25) is 5.02 Å². The molecule has 0 fully saturated rings. The van der Waals surface area contributed by atoms with Crippen LogP contribution in [0.1, 0.15) is 5.69 Å². The highest BCUT2D eigenvalue weighted by Crippen LogP contribution is 2.32. The maximum atomic E-state index is 6.42. The van der Waals surface area contributed by atoms with Gasteiger partial charge in [0.2, 0.25) is 5.95 Å². The van der Waals surface area contributed by atoms with E-state index in [0.717, 1.165) is 45.2 Å². The Morgan fingerprint density at radius 2 is 1.97 bits per heavy atom. The molecule has 6 nitrogen and oxygen atoms in total. The largest absolute Gasteiger partial charge is 0.360 e. The lowest BCUT2D eigenvalue weighted by Crippen LogP contribution is -2.02. The molecular weight excluding hydrogens is 384 g/mol. The number of H-pyrrole nitrogens is 2. The Morgan fingerprint density at radius 3 is 2.86 bits per heavy atom. The summed E-state index contributed by atoms with van der Waals surface area (Å²) in [5.74, 6) is 0.489. The molecule has 0 amide bonds. The van der Waals surface area contributed by atoms with E-state index >= 15 is 0 Å². The van der Waals surface area contributed by atoms with Crippen molar-refractivity contribution in [2.24, 2.45) is 5.73 Å². The molecule has 3 aromatic heterocycles. The minimum atomic E-state index is 0.489. The summed E-state index contributed by atoms with van der Waals surface area (Å²) in [6, 6.07) is 16.3. The van der Waals surface area contributed by atoms with Crippen LogP contribution >= 0.6 is 11.6 Å². The van der Waals surface area contributed by atoms with Gasteiger partial charge in [-0.1, -0.05) is 35.9 Å². The number of nitrogens with two attached hydrogens (primary N) is 1. The number of rotatable bonds is 5. The minimum Gasteiger partial charge on any atom is -0.360 e. The summed E-state index contributed by atoms with van der Waals surface area (Å²) in [4.78, 5) is 15.7. The van der Waals surface area contributed by atoms with Crippen LogP contribution in [0.5, 0.6) is 0 Å². The summed E-state index contributed by atoms with van der Waals surface area (Å²) in [5, 5.41) is 6.00. The number of fused-ring (bicyclic) bond motifs is 2. The highest BCUT2D eigenvalue weighted by atomic mass is 35.5. The first-order valence-corrected chi connectivity index (χ1v) is 9.77. The predicted octanol–water partition coefficient (Wildman–Crippen LogP) is 5.00. The standard InChI is InChI=1S/C22H19ClN6/c23-18-12-26-22(29-21(18)17-11-25-19-4-2-1-3-16(17)19)28-14-6-5-13-9-15(7-8-24)27-20(13)10-14/h1-6,9-12,25,27H,7-8,24H2,(H,26,28,29). The van der Waals surface area contributed by atoms with Gasteiger partial charge in [0.1, 0.15) is 0 Å². The molecule has 0 aliphatic rings. The lowest BCUT2D eigenvalue weighted by Gasteiger charge is -2.08. The molecule has 0 unspecified atom stereocenters. The van der Waals surface area contributed by atoms with Crippen molar-refractivity contribution in [3.63, 3.8) is 0 Å². The molecule has 3 heterocycles. The van der Waals surface area contributed by atoms with Crippen LogP contribution in [0.4, 0.5) is 11.6 Å². The monoisotopic (exact) mass is 402 g/mol. The summed E-state index contributed by atoms with van der Waals surface area (Å²) in [7, 11) is 0. The van der Waals surface area contributed by atoms with E-state index in [9.17, 15) is 0 Å². The Bertz CT molecular complexity index is 1320. The SMILES string of the molecule is NCCc1cc2ccc(Nc3ncc(Cl)c(-c4c[nH]c5ccccc45)n3)cc2[nH]1. The van der Waals surface area contributed by atoms with Crippen molar-refractivity contribution in [3.05, 3.63) is 71.6 Å². The van der Waals surface area contributed by atoms with Gasteiger partial charge in [0.15, 0.2) is 0 Å². The van der Waals surface area contributed by atoms with Gasteiger partial charge in [-0.15, -0.1) is 0 Å². The van der Waals surface area contributed by atoms with E-state index in [4.69, 9.17) is 17.3 Å². The summed E-state index contributed by atoms with van der Waals surface area (Å²) in [6.07, 6.45) is 4.37. The quantitative estimate of drug-likeness (QED) is 0.332. The predicted molar refractivity (Wildman–Crippen MR) is 119 cm³/mol. The molecule has 5 N–H and O–H groups in total. The third-order valence-electron chi connectivity index (χ3n) is 4.94. The first kappa shape index (κ1) is 17.7. The van der Waals surface area contributed by atoms with E-state index in [-0.39, 0.29) is 0 Å². The van der Waals surface area contributed by atoms with Crippen molar-refractivity contribution in [3.8, 4) is 11.3 Å². The van der Waals surface area contributed by atoms with Crippen LogP contribution in [-0.4, -0.2) is 26.5 Å². The molecule has 5 aromatic rings. The van der Waals surface area contributed by atoms with Gasteiger partial charge in [-0.3, -0.25) is 0 Å². The molecule has 0 aliphatic carbocycles. The lowest BCUT2D eigenvalue weighted by molar-refractivity contribution is 0.940. The number of benzene rings is 2. The molecule has 0 spiro atoms. The van der Waals surface area contributed by atoms with E-state index in [0.29, 0.717) is 23.2 Å². The van der Waals surface area contributed by atoms with Crippen molar-refractivity contribution in [2.75, 3.05) is 11.9 Å². The number of nitrogens with one attached hydrogen (secondary N) is 3. The second-order valence-corrected chi connectivity index (χ2v) is 7.31. The minimum absolute atomic E-state index is 0.489. The van der Waals surface area contributed by atoms with Gasteiger partial charge < -0.3 is 21.0 Å². The Labute approximate surface area is 172 Å². The first-order valence-electron chi connectivity index (χ1n) is 9.39. The average molecular weight is 403 g/mol. The van der Waals surface area contributed by atoms with Gasteiger partial charge in [-0.05, 0) is 42.6 Å². The van der Waals surface area contributed by atoms with E-state index in [1.807, 2.05) is 42.6 Å². The van der Waals surface area contributed by atoms with E-state index < -0.39 is 0 Å². The second kappa shape index (κ2) is 7.24. The zero-order chi connectivity index (χ0) is 19.8. The number of aromatic nitrogens is 4. The van der Waals surface area contributed by atoms with Crippen LogP contribution < -0.4 is 11.1 Å². The number of anilines is 2. The summed E-state index contributed by atoms with van der Waals surface area (Å²) in [6.45, 7) is 0.618. The number of aromatic amines is 2. The Kier molecular flexibility index (Phi) is 4.42. The number of nitrogens with zero attached hydrogens (tertiary/aromatic N) is 2. The Balaban J connectivity index is 1.49. The molecule has 0 saturated heterocycles. The van der Waals surface area contributed by atoms with Crippen molar-refractivity contribution in [1.82, 2.24) is 19.9 Å². The van der Waals surface area contributed by atoms with Crippen molar-refractivity contribution in [1.29, 1.82) is 0 Å². The van der Waals surface area contributed by atoms with Crippen LogP contribution in [0.15, 0.2) is 60.9 Å². The fraction of sp³-hybridized carbons (Fsp3) is 0.0909. The smallest absolute Gasteiger partial charge is 0.227 e. The molecule has 7 heteroatoms. The maximum absolute atomic E-state index is 6.42. The Morgan fingerprint density at radius 1 is 1.07 bits per heavy atom. The number of hydrogen-bond donors (Lipinski definition) is 4. The topological polar surface area (TPSA) is 95.4 Å². The van der Waals surface area contributed by atoms with Crippen LogP contribution in [-0.2, 0) is 6.42 Å². The summed E-state index contributed by atoms with van der Waals surface area (Å²) >= 11 is 6.42. The van der Waals surface area contributed by atoms with Gasteiger partial charge in [0, 0.05) is 39.6 Å². The van der Waals surface area contributed by atoms with Gasteiger partial charge in [0.05, 0.1) is 16.9 Å². The van der Waals surface area contributed by atoms with Crippen molar-refractivity contribution in [2.45, 2.75) is 6.42 Å². The van der Waals surface area contributed by atoms with Gasteiger partial charge in [-0.2, -0.15) is 0 Å². The lowest BCUT2D eigenvalue weighted by atomic mass is 10.1. The number of para-hydroxylation sites is 1. The molecule has 0 saturated carbocycles. The van der Waals surface area contributed by atoms with E-state index in [1.54, 1.807) is 6.20 Å².